The van der Waals surface area contributed by atoms with Crippen LogP contribution in [-0.2, 0) is 24.0 Å². The van der Waals surface area contributed by atoms with E-state index in [0.29, 0.717) is 6.42 Å². The molecule has 0 aromatic rings. The Hall–Kier alpha value is -2.69. The summed E-state index contributed by atoms with van der Waals surface area (Å²) in [7, 11) is 0. The molecule has 1 heterocycles. The molecule has 24 heavy (non-hydrogen) atoms. The average Bonchev–Trinajstić information content (AvgIpc) is 2.93. The number of amides is 3. The van der Waals surface area contributed by atoms with Crippen molar-refractivity contribution in [3.05, 3.63) is 0 Å². The fourth-order valence-electron chi connectivity index (χ4n) is 2.45. The molecule has 1 aliphatic rings. The van der Waals surface area contributed by atoms with Crippen LogP contribution in [0.1, 0.15) is 25.7 Å². The Bertz CT molecular complexity index is 550. The van der Waals surface area contributed by atoms with Gasteiger partial charge in [-0.15, -0.1) is 0 Å². The molecule has 11 heteroatoms. The van der Waals surface area contributed by atoms with Crippen LogP contribution in [0, 0.1) is 0 Å². The number of aliphatic carboxylic acids is 2. The maximum absolute atomic E-state index is 12.5. The molecule has 7 N–H and O–H groups in total. The van der Waals surface area contributed by atoms with Crippen molar-refractivity contribution < 1.29 is 34.2 Å². The second-order valence-electron chi connectivity index (χ2n) is 5.46. The molecular formula is C13H20N4O7. The number of nitrogens with zero attached hydrogens (tertiary/aromatic N) is 1. The summed E-state index contributed by atoms with van der Waals surface area (Å²) in [5, 5.41) is 19.9. The molecule has 0 saturated carbocycles. The van der Waals surface area contributed by atoms with E-state index in [4.69, 9.17) is 21.7 Å². The fraction of sp³-hybridized carbons (Fsp3) is 0.615. The van der Waals surface area contributed by atoms with Crippen LogP contribution in [0.5, 0.6) is 0 Å². The number of carboxylic acid groups (broad SMARTS) is 2. The summed E-state index contributed by atoms with van der Waals surface area (Å²) < 4.78 is 0. The molecule has 1 fully saturated rings. The number of carbonyl (C=O) groups is 5. The van der Waals surface area contributed by atoms with Gasteiger partial charge in [-0.1, -0.05) is 0 Å². The van der Waals surface area contributed by atoms with Gasteiger partial charge in [-0.3, -0.25) is 19.2 Å². The van der Waals surface area contributed by atoms with E-state index in [1.807, 2.05) is 0 Å². The van der Waals surface area contributed by atoms with Crippen molar-refractivity contribution in [2.24, 2.45) is 11.5 Å². The Morgan fingerprint density at radius 2 is 1.79 bits per heavy atom. The summed E-state index contributed by atoms with van der Waals surface area (Å²) in [4.78, 5) is 58.2. The number of nitrogens with one attached hydrogen (secondary N) is 1. The van der Waals surface area contributed by atoms with Crippen LogP contribution >= 0.6 is 0 Å². The van der Waals surface area contributed by atoms with Crippen molar-refractivity contribution in [1.29, 1.82) is 0 Å². The van der Waals surface area contributed by atoms with Gasteiger partial charge in [0, 0.05) is 6.54 Å². The molecule has 0 aliphatic carbocycles. The molecule has 0 aromatic carbocycles. The molecule has 1 aliphatic heterocycles. The van der Waals surface area contributed by atoms with Gasteiger partial charge in [-0.2, -0.15) is 0 Å². The van der Waals surface area contributed by atoms with E-state index in [2.05, 4.69) is 5.32 Å². The third-order valence-electron chi connectivity index (χ3n) is 3.57. The van der Waals surface area contributed by atoms with Crippen LogP contribution in [0.25, 0.3) is 0 Å². The summed E-state index contributed by atoms with van der Waals surface area (Å²) in [5.41, 5.74) is 10.5. The largest absolute Gasteiger partial charge is 0.481 e. The first-order valence-corrected chi connectivity index (χ1v) is 7.22. The number of carboxylic acids is 2. The maximum Gasteiger partial charge on any atom is 0.326 e. The molecule has 0 bridgehead atoms. The Morgan fingerprint density at radius 3 is 2.29 bits per heavy atom. The van der Waals surface area contributed by atoms with Gasteiger partial charge in [0.15, 0.2) is 0 Å². The van der Waals surface area contributed by atoms with Crippen LogP contribution in [0.2, 0.25) is 0 Å². The minimum Gasteiger partial charge on any atom is -0.481 e. The normalized spacial score (nSPS) is 19.4. The minimum atomic E-state index is -1.42. The Balaban J connectivity index is 2.86. The second-order valence-corrected chi connectivity index (χ2v) is 5.46. The van der Waals surface area contributed by atoms with Gasteiger partial charge in [0.05, 0.1) is 18.9 Å². The zero-order chi connectivity index (χ0) is 18.4. The molecule has 3 amide bonds. The zero-order valence-electron chi connectivity index (χ0n) is 12.8. The standard InChI is InChI=1S/C13H20N4O7/c14-6(4-10(19)20)11(21)16-7(5-9(15)18)12(22)17-3-1-2-8(17)13(23)24/h6-8H,1-5,14H2,(H2,15,18)(H,16,21)(H,19,20)(H,23,24). The lowest BCUT2D eigenvalue weighted by atomic mass is 10.1. The molecule has 3 atom stereocenters. The zero-order valence-corrected chi connectivity index (χ0v) is 12.8. The number of hydrogen-bond acceptors (Lipinski definition) is 6. The Kier molecular flexibility index (Phi) is 6.65. The van der Waals surface area contributed by atoms with Crippen molar-refractivity contribution in [3.8, 4) is 0 Å². The number of rotatable bonds is 8. The molecule has 11 nitrogen and oxygen atoms in total. The molecule has 1 saturated heterocycles. The highest BCUT2D eigenvalue weighted by molar-refractivity contribution is 5.95. The first kappa shape index (κ1) is 19.4. The van der Waals surface area contributed by atoms with Crippen LogP contribution < -0.4 is 16.8 Å². The summed E-state index contributed by atoms with van der Waals surface area (Å²) in [6.07, 6.45) is -0.479. The Morgan fingerprint density at radius 1 is 1.17 bits per heavy atom. The van der Waals surface area contributed by atoms with Crippen LogP contribution in [0.15, 0.2) is 0 Å². The van der Waals surface area contributed by atoms with Crippen molar-refractivity contribution in [3.63, 3.8) is 0 Å². The average molecular weight is 344 g/mol. The van der Waals surface area contributed by atoms with Gasteiger partial charge in [0.25, 0.3) is 0 Å². The number of carbonyl (C=O) groups excluding carboxylic acids is 3. The smallest absolute Gasteiger partial charge is 0.326 e. The first-order chi connectivity index (χ1) is 11.1. The van der Waals surface area contributed by atoms with E-state index >= 15 is 0 Å². The third-order valence-corrected chi connectivity index (χ3v) is 3.57. The number of likely N-dealkylation sites (tertiary alicyclic amines) is 1. The third kappa shape index (κ3) is 5.19. The van der Waals surface area contributed by atoms with Crippen LogP contribution in [0.4, 0.5) is 0 Å². The van der Waals surface area contributed by atoms with Crippen molar-refractivity contribution in [2.45, 2.75) is 43.8 Å². The number of primary amides is 1. The van der Waals surface area contributed by atoms with Crippen molar-refractivity contribution >= 4 is 29.7 Å². The molecule has 3 unspecified atom stereocenters. The van der Waals surface area contributed by atoms with Gasteiger partial charge in [0.1, 0.15) is 12.1 Å². The summed E-state index contributed by atoms with van der Waals surface area (Å²) in [6.45, 7) is 0.169. The first-order valence-electron chi connectivity index (χ1n) is 7.22. The van der Waals surface area contributed by atoms with Gasteiger partial charge in [-0.05, 0) is 12.8 Å². The molecular weight excluding hydrogens is 324 g/mol. The number of hydrogen-bond donors (Lipinski definition) is 5. The van der Waals surface area contributed by atoms with Crippen LogP contribution in [0.3, 0.4) is 0 Å². The SMILES string of the molecule is NC(=O)CC(NC(=O)C(N)CC(=O)O)C(=O)N1CCCC1C(=O)O. The number of nitrogens with two attached hydrogens (primary N) is 2. The lowest BCUT2D eigenvalue weighted by Crippen LogP contribution is -2.55. The van der Waals surface area contributed by atoms with E-state index in [0.717, 1.165) is 4.90 Å². The molecule has 1 rings (SSSR count). The molecule has 0 radical (unpaired) electrons. The van der Waals surface area contributed by atoms with Gasteiger partial charge < -0.3 is 31.9 Å². The van der Waals surface area contributed by atoms with E-state index in [-0.39, 0.29) is 13.0 Å². The highest BCUT2D eigenvalue weighted by Gasteiger charge is 2.38. The highest BCUT2D eigenvalue weighted by atomic mass is 16.4. The summed E-state index contributed by atoms with van der Waals surface area (Å²) in [6, 6.07) is -3.85. The molecule has 0 aromatic heterocycles. The van der Waals surface area contributed by atoms with Crippen LogP contribution in [-0.4, -0.2) is 69.4 Å². The molecule has 134 valence electrons. The predicted octanol–water partition coefficient (Wildman–Crippen LogP) is -2.78. The fourth-order valence-corrected chi connectivity index (χ4v) is 2.45. The van der Waals surface area contributed by atoms with Crippen molar-refractivity contribution in [2.75, 3.05) is 6.54 Å². The minimum absolute atomic E-state index is 0.169. The topological polar surface area (TPSA) is 193 Å². The van der Waals surface area contributed by atoms with Gasteiger partial charge in [-0.25, -0.2) is 4.79 Å². The van der Waals surface area contributed by atoms with Gasteiger partial charge >= 0.3 is 11.9 Å². The second kappa shape index (κ2) is 8.24. The van der Waals surface area contributed by atoms with E-state index < -0.39 is 60.6 Å². The highest BCUT2D eigenvalue weighted by Crippen LogP contribution is 2.19. The monoisotopic (exact) mass is 344 g/mol. The van der Waals surface area contributed by atoms with Crippen molar-refractivity contribution in [1.82, 2.24) is 10.2 Å². The van der Waals surface area contributed by atoms with E-state index in [1.165, 1.54) is 0 Å². The quantitative estimate of drug-likeness (QED) is 0.312. The Labute approximate surface area is 136 Å². The summed E-state index contributed by atoms with van der Waals surface area (Å²) in [5.74, 6) is -5.09. The predicted molar refractivity (Wildman–Crippen MR) is 78.3 cm³/mol. The van der Waals surface area contributed by atoms with E-state index in [9.17, 15) is 24.0 Å². The maximum atomic E-state index is 12.5. The van der Waals surface area contributed by atoms with E-state index in [1.54, 1.807) is 0 Å². The molecule has 0 spiro atoms. The summed E-state index contributed by atoms with van der Waals surface area (Å²) >= 11 is 0. The lowest BCUT2D eigenvalue weighted by Gasteiger charge is -2.27. The van der Waals surface area contributed by atoms with Gasteiger partial charge in [0.2, 0.25) is 17.7 Å². The lowest BCUT2D eigenvalue weighted by molar-refractivity contribution is -0.149.